The zero-order chi connectivity index (χ0) is 12.8. The predicted molar refractivity (Wildman–Crippen MR) is 78.7 cm³/mol. The number of hydrogen-bond donors (Lipinski definition) is 2. The van der Waals surface area contributed by atoms with E-state index in [1.165, 1.54) is 22.9 Å². The third-order valence-electron chi connectivity index (χ3n) is 2.27. The average molecular weight is 268 g/mol. The van der Waals surface area contributed by atoms with E-state index in [2.05, 4.69) is 5.32 Å². The molecule has 17 heavy (non-hydrogen) atoms. The molecular weight excluding hydrogens is 252 g/mol. The molecule has 3 N–H and O–H groups in total. The molecule has 5 heteroatoms. The fourth-order valence-corrected chi connectivity index (χ4v) is 2.07. The van der Waals surface area contributed by atoms with Crippen LogP contribution in [-0.2, 0) is 4.79 Å². The topological polar surface area (TPSA) is 55.1 Å². The molecule has 0 aromatic heterocycles. The van der Waals surface area contributed by atoms with Crippen molar-refractivity contribution in [3.63, 3.8) is 0 Å². The lowest BCUT2D eigenvalue weighted by Crippen LogP contribution is -2.17. The van der Waals surface area contributed by atoms with E-state index in [0.29, 0.717) is 16.5 Å². The molecule has 0 fully saturated rings. The standard InChI is InChI=1S/C12H16N2OS2/c1-8-3-4-10(5-9(8)2)14-12(15)7-17-6-11(13)16/h3-5H,6-7H2,1-2H3,(H2,13,16)(H,14,15). The lowest BCUT2D eigenvalue weighted by Gasteiger charge is -2.07. The van der Waals surface area contributed by atoms with E-state index >= 15 is 0 Å². The van der Waals surface area contributed by atoms with Crippen LogP contribution in [0.25, 0.3) is 0 Å². The molecule has 0 saturated heterocycles. The van der Waals surface area contributed by atoms with Crippen LogP contribution in [-0.4, -0.2) is 22.4 Å². The predicted octanol–water partition coefficient (Wildman–Crippen LogP) is 2.26. The largest absolute Gasteiger partial charge is 0.393 e. The lowest BCUT2D eigenvalue weighted by atomic mass is 10.1. The Hall–Kier alpha value is -1.07. The molecule has 0 atom stereocenters. The van der Waals surface area contributed by atoms with Gasteiger partial charge in [-0.25, -0.2) is 0 Å². The maximum Gasteiger partial charge on any atom is 0.234 e. The molecule has 0 saturated carbocycles. The van der Waals surface area contributed by atoms with Crippen LogP contribution in [0.5, 0.6) is 0 Å². The van der Waals surface area contributed by atoms with Gasteiger partial charge in [-0.1, -0.05) is 18.3 Å². The third kappa shape index (κ3) is 5.19. The number of thiocarbonyl (C=S) groups is 1. The summed E-state index contributed by atoms with van der Waals surface area (Å²) < 4.78 is 0. The van der Waals surface area contributed by atoms with E-state index in [-0.39, 0.29) is 5.91 Å². The number of thioether (sulfide) groups is 1. The van der Waals surface area contributed by atoms with E-state index in [0.717, 1.165) is 5.69 Å². The van der Waals surface area contributed by atoms with Gasteiger partial charge in [0, 0.05) is 11.4 Å². The van der Waals surface area contributed by atoms with Crippen LogP contribution >= 0.6 is 24.0 Å². The summed E-state index contributed by atoms with van der Waals surface area (Å²) in [6, 6.07) is 5.86. The van der Waals surface area contributed by atoms with E-state index in [1.54, 1.807) is 0 Å². The normalized spacial score (nSPS) is 10.0. The molecule has 3 nitrogen and oxygen atoms in total. The van der Waals surface area contributed by atoms with E-state index < -0.39 is 0 Å². The molecule has 0 spiro atoms. The molecular formula is C12H16N2OS2. The summed E-state index contributed by atoms with van der Waals surface area (Å²) in [5.41, 5.74) is 8.55. The Bertz CT molecular complexity index is 433. The van der Waals surface area contributed by atoms with Crippen LogP contribution in [0.1, 0.15) is 11.1 Å². The Balaban J connectivity index is 2.45. The minimum atomic E-state index is -0.0329. The number of aryl methyl sites for hydroxylation is 2. The van der Waals surface area contributed by atoms with Gasteiger partial charge in [0.1, 0.15) is 0 Å². The Morgan fingerprint density at radius 2 is 2.06 bits per heavy atom. The van der Waals surface area contributed by atoms with Crippen molar-refractivity contribution in [1.82, 2.24) is 0 Å². The molecule has 0 aliphatic heterocycles. The highest BCUT2D eigenvalue weighted by Gasteiger charge is 2.03. The molecule has 0 aliphatic rings. The first-order chi connectivity index (χ1) is 7.99. The highest BCUT2D eigenvalue weighted by Crippen LogP contribution is 2.14. The molecule has 0 heterocycles. The van der Waals surface area contributed by atoms with Gasteiger partial charge in [0.05, 0.1) is 10.7 Å². The first kappa shape index (κ1) is 14.0. The van der Waals surface area contributed by atoms with Crippen molar-refractivity contribution in [2.75, 3.05) is 16.8 Å². The van der Waals surface area contributed by atoms with Crippen LogP contribution < -0.4 is 11.1 Å². The molecule has 1 aromatic carbocycles. The summed E-state index contributed by atoms with van der Waals surface area (Å²) in [5.74, 6) is 0.870. The number of nitrogens with two attached hydrogens (primary N) is 1. The summed E-state index contributed by atoms with van der Waals surface area (Å²) in [5, 5.41) is 2.84. The van der Waals surface area contributed by atoms with Crippen molar-refractivity contribution in [3.05, 3.63) is 29.3 Å². The van der Waals surface area contributed by atoms with E-state index in [9.17, 15) is 4.79 Å². The fourth-order valence-electron chi connectivity index (χ4n) is 1.26. The fraction of sp³-hybridized carbons (Fsp3) is 0.333. The van der Waals surface area contributed by atoms with Gasteiger partial charge in [0.2, 0.25) is 5.91 Å². The first-order valence-electron chi connectivity index (χ1n) is 5.22. The maximum absolute atomic E-state index is 11.6. The molecule has 0 bridgehead atoms. The number of hydrogen-bond acceptors (Lipinski definition) is 3. The van der Waals surface area contributed by atoms with Gasteiger partial charge in [0.25, 0.3) is 0 Å². The zero-order valence-corrected chi connectivity index (χ0v) is 11.6. The molecule has 0 unspecified atom stereocenters. The number of anilines is 1. The van der Waals surface area contributed by atoms with E-state index in [1.807, 2.05) is 32.0 Å². The second-order valence-electron chi connectivity index (χ2n) is 3.81. The van der Waals surface area contributed by atoms with Crippen molar-refractivity contribution >= 4 is 40.6 Å². The summed E-state index contributed by atoms with van der Waals surface area (Å²) in [7, 11) is 0. The zero-order valence-electron chi connectivity index (χ0n) is 9.95. The molecule has 1 aromatic rings. The van der Waals surface area contributed by atoms with Crippen LogP contribution in [0, 0.1) is 13.8 Å². The van der Waals surface area contributed by atoms with E-state index in [4.69, 9.17) is 18.0 Å². The molecule has 0 radical (unpaired) electrons. The highest BCUT2D eigenvalue weighted by atomic mass is 32.2. The first-order valence-corrected chi connectivity index (χ1v) is 6.78. The smallest absolute Gasteiger partial charge is 0.234 e. The summed E-state index contributed by atoms with van der Waals surface area (Å²) in [6.07, 6.45) is 0. The van der Waals surface area contributed by atoms with Gasteiger partial charge in [-0.2, -0.15) is 0 Å². The van der Waals surface area contributed by atoms with Crippen LogP contribution in [0.15, 0.2) is 18.2 Å². The molecule has 1 rings (SSSR count). The lowest BCUT2D eigenvalue weighted by molar-refractivity contribution is -0.113. The number of benzene rings is 1. The number of carbonyl (C=O) groups is 1. The number of carbonyl (C=O) groups excluding carboxylic acids is 1. The van der Waals surface area contributed by atoms with Crippen molar-refractivity contribution in [3.8, 4) is 0 Å². The van der Waals surface area contributed by atoms with Crippen molar-refractivity contribution in [1.29, 1.82) is 0 Å². The van der Waals surface area contributed by atoms with Gasteiger partial charge < -0.3 is 11.1 Å². The summed E-state index contributed by atoms with van der Waals surface area (Å²) in [4.78, 5) is 12.0. The number of rotatable bonds is 5. The van der Waals surface area contributed by atoms with Crippen LogP contribution in [0.2, 0.25) is 0 Å². The number of nitrogens with one attached hydrogen (secondary N) is 1. The third-order valence-corrected chi connectivity index (χ3v) is 3.58. The van der Waals surface area contributed by atoms with Gasteiger partial charge in [-0.05, 0) is 37.1 Å². The number of amides is 1. The van der Waals surface area contributed by atoms with Gasteiger partial charge in [-0.3, -0.25) is 4.79 Å². The second kappa shape index (κ2) is 6.61. The SMILES string of the molecule is Cc1ccc(NC(=O)CSCC(N)=S)cc1C. The van der Waals surface area contributed by atoms with Crippen molar-refractivity contribution in [2.45, 2.75) is 13.8 Å². The minimum absolute atomic E-state index is 0.0329. The second-order valence-corrected chi connectivity index (χ2v) is 5.32. The van der Waals surface area contributed by atoms with Gasteiger partial charge >= 0.3 is 0 Å². The Kier molecular flexibility index (Phi) is 5.44. The average Bonchev–Trinajstić information content (AvgIpc) is 2.23. The highest BCUT2D eigenvalue weighted by molar-refractivity contribution is 8.01. The van der Waals surface area contributed by atoms with Gasteiger partial charge in [-0.15, -0.1) is 11.8 Å². The van der Waals surface area contributed by atoms with Crippen LogP contribution in [0.3, 0.4) is 0 Å². The molecule has 0 aliphatic carbocycles. The Morgan fingerprint density at radius 1 is 1.35 bits per heavy atom. The molecule has 92 valence electrons. The van der Waals surface area contributed by atoms with Crippen molar-refractivity contribution in [2.24, 2.45) is 5.73 Å². The maximum atomic E-state index is 11.6. The Labute approximate surface area is 111 Å². The summed E-state index contributed by atoms with van der Waals surface area (Å²) in [6.45, 7) is 4.06. The minimum Gasteiger partial charge on any atom is -0.393 e. The Morgan fingerprint density at radius 3 is 2.65 bits per heavy atom. The molecule has 1 amide bonds. The summed E-state index contributed by atoms with van der Waals surface area (Å²) >= 11 is 6.15. The van der Waals surface area contributed by atoms with Crippen LogP contribution in [0.4, 0.5) is 5.69 Å². The van der Waals surface area contributed by atoms with Gasteiger partial charge in [0.15, 0.2) is 0 Å². The quantitative estimate of drug-likeness (QED) is 0.804. The van der Waals surface area contributed by atoms with Crippen molar-refractivity contribution < 1.29 is 4.79 Å². The monoisotopic (exact) mass is 268 g/mol.